The number of halogens is 1. The number of hydrogen-bond acceptors (Lipinski definition) is 5. The van der Waals surface area contributed by atoms with Gasteiger partial charge < -0.3 is 10.4 Å². The third-order valence-electron chi connectivity index (χ3n) is 1.73. The van der Waals surface area contributed by atoms with Crippen LogP contribution < -0.4 is 5.32 Å². The van der Waals surface area contributed by atoms with Gasteiger partial charge in [-0.05, 0) is 0 Å². The standard InChI is InChI=1S/C9H11ClN2O3S2/c1-5(13)12-7(8(14)15)4-16-3-6-2-11-9(10)17-6/h2,7H,3-4H2,1H3,(H,12,13)(H,14,15). The summed E-state index contributed by atoms with van der Waals surface area (Å²) in [6, 6.07) is -0.860. The molecule has 0 fully saturated rings. The summed E-state index contributed by atoms with van der Waals surface area (Å²) in [5, 5.41) is 11.2. The van der Waals surface area contributed by atoms with Gasteiger partial charge in [0.15, 0.2) is 4.47 Å². The number of aliphatic carboxylic acids is 1. The van der Waals surface area contributed by atoms with Crippen molar-refractivity contribution in [1.29, 1.82) is 0 Å². The number of rotatable bonds is 6. The van der Waals surface area contributed by atoms with Crippen LogP contribution >= 0.6 is 34.7 Å². The molecule has 1 amide bonds. The lowest BCUT2D eigenvalue weighted by Gasteiger charge is -2.11. The molecule has 1 rings (SSSR count). The lowest BCUT2D eigenvalue weighted by Crippen LogP contribution is -2.41. The van der Waals surface area contributed by atoms with Crippen molar-refractivity contribution in [3.63, 3.8) is 0 Å². The molecule has 94 valence electrons. The maximum Gasteiger partial charge on any atom is 0.327 e. The SMILES string of the molecule is CC(=O)NC(CSCc1cnc(Cl)s1)C(=O)O. The van der Waals surface area contributed by atoms with Crippen LogP contribution in [-0.2, 0) is 15.3 Å². The van der Waals surface area contributed by atoms with Gasteiger partial charge in [0.25, 0.3) is 0 Å². The van der Waals surface area contributed by atoms with Gasteiger partial charge in [0.2, 0.25) is 5.91 Å². The van der Waals surface area contributed by atoms with E-state index in [1.54, 1.807) is 6.20 Å². The lowest BCUT2D eigenvalue weighted by atomic mass is 10.3. The van der Waals surface area contributed by atoms with Crippen LogP contribution in [0.15, 0.2) is 6.20 Å². The van der Waals surface area contributed by atoms with Crippen LogP contribution in [0.5, 0.6) is 0 Å². The molecule has 0 spiro atoms. The van der Waals surface area contributed by atoms with Crippen LogP contribution in [0.3, 0.4) is 0 Å². The van der Waals surface area contributed by atoms with Crippen LogP contribution in [0.2, 0.25) is 4.47 Å². The first-order valence-electron chi connectivity index (χ1n) is 4.67. The molecule has 0 aliphatic rings. The van der Waals surface area contributed by atoms with Crippen molar-refractivity contribution in [2.75, 3.05) is 5.75 Å². The molecule has 1 unspecified atom stereocenters. The van der Waals surface area contributed by atoms with E-state index in [1.807, 2.05) is 0 Å². The molecule has 0 bridgehead atoms. The highest BCUT2D eigenvalue weighted by molar-refractivity contribution is 7.98. The van der Waals surface area contributed by atoms with Gasteiger partial charge in [0.1, 0.15) is 6.04 Å². The molecular formula is C9H11ClN2O3S2. The van der Waals surface area contributed by atoms with E-state index in [0.717, 1.165) is 4.88 Å². The summed E-state index contributed by atoms with van der Waals surface area (Å²) in [7, 11) is 0. The quantitative estimate of drug-likeness (QED) is 0.833. The topological polar surface area (TPSA) is 79.3 Å². The van der Waals surface area contributed by atoms with E-state index in [1.165, 1.54) is 30.0 Å². The Morgan fingerprint density at radius 1 is 1.71 bits per heavy atom. The monoisotopic (exact) mass is 294 g/mol. The molecular weight excluding hydrogens is 284 g/mol. The number of nitrogens with zero attached hydrogens (tertiary/aromatic N) is 1. The normalized spacial score (nSPS) is 12.1. The van der Waals surface area contributed by atoms with E-state index >= 15 is 0 Å². The minimum atomic E-state index is -1.03. The summed E-state index contributed by atoms with van der Waals surface area (Å²) >= 11 is 8.44. The van der Waals surface area contributed by atoms with Crippen LogP contribution in [-0.4, -0.2) is 33.8 Å². The molecule has 5 nitrogen and oxygen atoms in total. The third kappa shape index (κ3) is 5.38. The Hall–Kier alpha value is -0.790. The highest BCUT2D eigenvalue weighted by Gasteiger charge is 2.18. The molecule has 0 saturated heterocycles. The smallest absolute Gasteiger partial charge is 0.327 e. The van der Waals surface area contributed by atoms with Crippen LogP contribution in [0.25, 0.3) is 0 Å². The molecule has 0 saturated carbocycles. The molecule has 17 heavy (non-hydrogen) atoms. The Morgan fingerprint density at radius 2 is 2.41 bits per heavy atom. The maximum atomic E-state index is 10.8. The van der Waals surface area contributed by atoms with Crippen molar-refractivity contribution in [3.05, 3.63) is 15.5 Å². The molecule has 1 aromatic heterocycles. The number of carbonyl (C=O) groups excluding carboxylic acids is 1. The molecule has 1 heterocycles. The second kappa shape index (κ2) is 6.83. The van der Waals surface area contributed by atoms with Gasteiger partial charge in [-0.1, -0.05) is 11.6 Å². The van der Waals surface area contributed by atoms with Crippen LogP contribution in [0, 0.1) is 0 Å². The highest BCUT2D eigenvalue weighted by atomic mass is 35.5. The highest BCUT2D eigenvalue weighted by Crippen LogP contribution is 2.22. The van der Waals surface area contributed by atoms with E-state index in [0.29, 0.717) is 16.0 Å². The Labute approximate surface area is 112 Å². The number of thioether (sulfide) groups is 1. The zero-order valence-corrected chi connectivity index (χ0v) is 11.4. The van der Waals surface area contributed by atoms with Crippen molar-refractivity contribution < 1.29 is 14.7 Å². The molecule has 8 heteroatoms. The summed E-state index contributed by atoms with van der Waals surface area (Å²) < 4.78 is 0.470. The van der Waals surface area contributed by atoms with Crippen molar-refractivity contribution >= 4 is 46.6 Å². The first kappa shape index (κ1) is 14.3. The fourth-order valence-corrected chi connectivity index (χ4v) is 3.16. The second-order valence-corrected chi connectivity index (χ2v) is 5.91. The first-order valence-corrected chi connectivity index (χ1v) is 7.02. The number of carbonyl (C=O) groups is 2. The number of amides is 1. The van der Waals surface area contributed by atoms with Gasteiger partial charge in [-0.25, -0.2) is 9.78 Å². The largest absolute Gasteiger partial charge is 0.480 e. The van der Waals surface area contributed by atoms with Gasteiger partial charge in [0.05, 0.1) is 0 Å². The number of carboxylic acid groups (broad SMARTS) is 1. The summed E-state index contributed by atoms with van der Waals surface area (Å²) in [4.78, 5) is 26.5. The average Bonchev–Trinajstić information content (AvgIpc) is 2.62. The average molecular weight is 295 g/mol. The number of carboxylic acids is 1. The van der Waals surface area contributed by atoms with Crippen molar-refractivity contribution in [2.24, 2.45) is 0 Å². The summed E-state index contributed by atoms with van der Waals surface area (Å²) in [5.74, 6) is -0.438. The summed E-state index contributed by atoms with van der Waals surface area (Å²) in [5.41, 5.74) is 0. The fraction of sp³-hybridized carbons (Fsp3) is 0.444. The van der Waals surface area contributed by atoms with Crippen molar-refractivity contribution in [2.45, 2.75) is 18.7 Å². The minimum absolute atomic E-state index is 0.310. The zero-order chi connectivity index (χ0) is 12.8. The van der Waals surface area contributed by atoms with Crippen molar-refractivity contribution in [1.82, 2.24) is 10.3 Å². The predicted molar refractivity (Wildman–Crippen MR) is 68.5 cm³/mol. The summed E-state index contributed by atoms with van der Waals surface area (Å²) in [6.45, 7) is 1.30. The number of aromatic nitrogens is 1. The van der Waals surface area contributed by atoms with E-state index in [-0.39, 0.29) is 5.91 Å². The minimum Gasteiger partial charge on any atom is -0.480 e. The summed E-state index contributed by atoms with van der Waals surface area (Å²) in [6.07, 6.45) is 1.66. The van der Waals surface area contributed by atoms with E-state index in [9.17, 15) is 9.59 Å². The predicted octanol–water partition coefficient (Wildman–Crippen LogP) is 1.62. The molecule has 2 N–H and O–H groups in total. The van der Waals surface area contributed by atoms with Gasteiger partial charge in [-0.2, -0.15) is 11.8 Å². The zero-order valence-electron chi connectivity index (χ0n) is 8.97. The molecule has 1 atom stereocenters. The Kier molecular flexibility index (Phi) is 5.73. The van der Waals surface area contributed by atoms with Crippen LogP contribution in [0.4, 0.5) is 0 Å². The third-order valence-corrected chi connectivity index (χ3v) is 4.11. The molecule has 0 aromatic carbocycles. The lowest BCUT2D eigenvalue weighted by molar-refractivity contribution is -0.140. The van der Waals surface area contributed by atoms with Gasteiger partial charge in [-0.15, -0.1) is 11.3 Å². The number of nitrogens with one attached hydrogen (secondary N) is 1. The molecule has 0 aliphatic heterocycles. The molecule has 0 aliphatic carbocycles. The molecule has 0 radical (unpaired) electrons. The Balaban J connectivity index is 2.37. The van der Waals surface area contributed by atoms with Gasteiger partial charge >= 0.3 is 5.97 Å². The first-order chi connectivity index (χ1) is 7.99. The van der Waals surface area contributed by atoms with Gasteiger partial charge in [0, 0.05) is 29.5 Å². The number of hydrogen-bond donors (Lipinski definition) is 2. The maximum absolute atomic E-state index is 10.8. The van der Waals surface area contributed by atoms with Crippen LogP contribution in [0.1, 0.15) is 11.8 Å². The Morgan fingerprint density at radius 3 is 2.88 bits per heavy atom. The van der Waals surface area contributed by atoms with E-state index in [4.69, 9.17) is 16.7 Å². The van der Waals surface area contributed by atoms with Crippen molar-refractivity contribution in [3.8, 4) is 0 Å². The van der Waals surface area contributed by atoms with E-state index < -0.39 is 12.0 Å². The second-order valence-electron chi connectivity index (χ2n) is 3.19. The van der Waals surface area contributed by atoms with E-state index in [2.05, 4.69) is 10.3 Å². The molecule has 1 aromatic rings. The number of thiazole rings is 1. The van der Waals surface area contributed by atoms with Gasteiger partial charge in [-0.3, -0.25) is 4.79 Å². The Bertz CT molecular complexity index is 411. The fourth-order valence-electron chi connectivity index (χ4n) is 1.05.